The van der Waals surface area contributed by atoms with Crippen LogP contribution in [0.25, 0.3) is 0 Å². The number of thioether (sulfide) groups is 1. The van der Waals surface area contributed by atoms with Gasteiger partial charge in [-0.05, 0) is 32.7 Å². The molecule has 0 bridgehead atoms. The highest BCUT2D eigenvalue weighted by Crippen LogP contribution is 2.32. The first kappa shape index (κ1) is 14.3. The average Bonchev–Trinajstić information content (AvgIpc) is 2.27. The third-order valence-electron chi connectivity index (χ3n) is 3.43. The summed E-state index contributed by atoms with van der Waals surface area (Å²) in [6.45, 7) is 7.39. The Balaban J connectivity index is 2.40. The molecule has 1 fully saturated rings. The monoisotopic (exact) mass is 245 g/mol. The van der Waals surface area contributed by atoms with Crippen LogP contribution < -0.4 is 5.32 Å². The van der Waals surface area contributed by atoms with E-state index in [1.54, 1.807) is 0 Å². The van der Waals surface area contributed by atoms with Crippen LogP contribution in [0.5, 0.6) is 0 Å². The normalized spacial score (nSPS) is 30.0. The highest BCUT2D eigenvalue weighted by atomic mass is 32.2. The van der Waals surface area contributed by atoms with Crippen LogP contribution >= 0.6 is 11.8 Å². The number of aliphatic hydroxyl groups excluding tert-OH is 1. The van der Waals surface area contributed by atoms with Crippen molar-refractivity contribution in [3.63, 3.8) is 0 Å². The van der Waals surface area contributed by atoms with Crippen molar-refractivity contribution >= 4 is 11.8 Å². The molecular weight excluding hydrogens is 218 g/mol. The number of rotatable bonds is 6. The van der Waals surface area contributed by atoms with Crippen molar-refractivity contribution in [3.8, 4) is 0 Å². The molecule has 1 aliphatic carbocycles. The van der Waals surface area contributed by atoms with E-state index in [1.807, 2.05) is 18.7 Å². The van der Waals surface area contributed by atoms with Crippen molar-refractivity contribution in [1.29, 1.82) is 0 Å². The molecule has 96 valence electrons. The maximum atomic E-state index is 9.57. The Kier molecular flexibility index (Phi) is 6.78. The first-order valence-electron chi connectivity index (χ1n) is 6.72. The topological polar surface area (TPSA) is 32.3 Å². The third kappa shape index (κ3) is 4.64. The van der Waals surface area contributed by atoms with Gasteiger partial charge in [-0.25, -0.2) is 0 Å². The van der Waals surface area contributed by atoms with Gasteiger partial charge in [-0.1, -0.05) is 26.7 Å². The molecule has 1 rings (SSSR count). The number of hydrogen-bond donors (Lipinski definition) is 2. The molecule has 4 atom stereocenters. The van der Waals surface area contributed by atoms with Crippen molar-refractivity contribution in [2.75, 3.05) is 6.54 Å². The summed E-state index contributed by atoms with van der Waals surface area (Å²) in [4.78, 5) is 0. The SMILES string of the molecule is CCCNC1CCCCC1SC(C)C(C)O. The van der Waals surface area contributed by atoms with E-state index < -0.39 is 0 Å². The lowest BCUT2D eigenvalue weighted by molar-refractivity contribution is 0.195. The maximum Gasteiger partial charge on any atom is 0.0628 e. The van der Waals surface area contributed by atoms with Gasteiger partial charge in [0.05, 0.1) is 6.10 Å². The van der Waals surface area contributed by atoms with Gasteiger partial charge in [0.15, 0.2) is 0 Å². The molecule has 0 aromatic rings. The van der Waals surface area contributed by atoms with Gasteiger partial charge in [0.1, 0.15) is 0 Å². The van der Waals surface area contributed by atoms with Crippen LogP contribution in [-0.4, -0.2) is 34.3 Å². The van der Waals surface area contributed by atoms with E-state index in [1.165, 1.54) is 32.1 Å². The minimum Gasteiger partial charge on any atom is -0.392 e. The Morgan fingerprint density at radius 3 is 2.62 bits per heavy atom. The molecule has 0 aromatic carbocycles. The minimum atomic E-state index is -0.196. The Morgan fingerprint density at radius 2 is 2.00 bits per heavy atom. The molecule has 2 nitrogen and oxygen atoms in total. The Morgan fingerprint density at radius 1 is 1.31 bits per heavy atom. The van der Waals surface area contributed by atoms with Crippen LogP contribution in [0.2, 0.25) is 0 Å². The number of hydrogen-bond acceptors (Lipinski definition) is 3. The molecular formula is C13H27NOS. The summed E-state index contributed by atoms with van der Waals surface area (Å²) in [5.41, 5.74) is 0. The maximum absolute atomic E-state index is 9.57. The zero-order valence-corrected chi connectivity index (χ0v) is 11.7. The average molecular weight is 245 g/mol. The van der Waals surface area contributed by atoms with Crippen LogP contribution in [-0.2, 0) is 0 Å². The number of nitrogens with one attached hydrogen (secondary N) is 1. The largest absolute Gasteiger partial charge is 0.392 e. The lowest BCUT2D eigenvalue weighted by Crippen LogP contribution is -2.42. The summed E-state index contributed by atoms with van der Waals surface area (Å²) in [6.07, 6.45) is 6.35. The Hall–Kier alpha value is 0.270. The van der Waals surface area contributed by atoms with Crippen LogP contribution in [0.4, 0.5) is 0 Å². The molecule has 0 radical (unpaired) electrons. The van der Waals surface area contributed by atoms with Gasteiger partial charge in [0, 0.05) is 16.5 Å². The fraction of sp³-hybridized carbons (Fsp3) is 1.00. The van der Waals surface area contributed by atoms with Crippen LogP contribution in [0.1, 0.15) is 52.9 Å². The van der Waals surface area contributed by atoms with Crippen molar-refractivity contribution in [1.82, 2.24) is 5.32 Å². The van der Waals surface area contributed by atoms with Gasteiger partial charge in [-0.3, -0.25) is 0 Å². The zero-order valence-electron chi connectivity index (χ0n) is 10.9. The quantitative estimate of drug-likeness (QED) is 0.755. The summed E-state index contributed by atoms with van der Waals surface area (Å²) in [5.74, 6) is 0. The van der Waals surface area contributed by atoms with E-state index >= 15 is 0 Å². The molecule has 0 aromatic heterocycles. The molecule has 1 aliphatic rings. The summed E-state index contributed by atoms with van der Waals surface area (Å²) in [6, 6.07) is 0.667. The summed E-state index contributed by atoms with van der Waals surface area (Å²) in [7, 11) is 0. The smallest absolute Gasteiger partial charge is 0.0628 e. The molecule has 16 heavy (non-hydrogen) atoms. The zero-order chi connectivity index (χ0) is 12.0. The second-order valence-corrected chi connectivity index (χ2v) is 6.59. The minimum absolute atomic E-state index is 0.196. The van der Waals surface area contributed by atoms with Gasteiger partial charge < -0.3 is 10.4 Å². The summed E-state index contributed by atoms with van der Waals surface area (Å²) >= 11 is 1.97. The van der Waals surface area contributed by atoms with Crippen LogP contribution in [0.3, 0.4) is 0 Å². The molecule has 4 unspecified atom stereocenters. The van der Waals surface area contributed by atoms with E-state index in [0.717, 1.165) is 6.54 Å². The molecule has 0 heterocycles. The highest BCUT2D eigenvalue weighted by Gasteiger charge is 2.27. The van der Waals surface area contributed by atoms with Gasteiger partial charge in [0.2, 0.25) is 0 Å². The van der Waals surface area contributed by atoms with Crippen LogP contribution in [0, 0.1) is 0 Å². The second kappa shape index (κ2) is 7.57. The Labute approximate surface area is 105 Å². The van der Waals surface area contributed by atoms with Gasteiger partial charge in [-0.2, -0.15) is 11.8 Å². The van der Waals surface area contributed by atoms with Gasteiger partial charge in [-0.15, -0.1) is 0 Å². The number of aliphatic hydroxyl groups is 1. The lowest BCUT2D eigenvalue weighted by Gasteiger charge is -2.34. The third-order valence-corrected chi connectivity index (χ3v) is 5.16. The van der Waals surface area contributed by atoms with E-state index in [4.69, 9.17) is 0 Å². The summed E-state index contributed by atoms with van der Waals surface area (Å²) < 4.78 is 0. The predicted octanol–water partition coefficient (Wildman–Crippen LogP) is 2.80. The van der Waals surface area contributed by atoms with E-state index in [-0.39, 0.29) is 6.10 Å². The molecule has 3 heteroatoms. The van der Waals surface area contributed by atoms with E-state index in [2.05, 4.69) is 19.2 Å². The lowest BCUT2D eigenvalue weighted by atomic mass is 9.95. The van der Waals surface area contributed by atoms with Crippen LogP contribution in [0.15, 0.2) is 0 Å². The van der Waals surface area contributed by atoms with Gasteiger partial charge >= 0.3 is 0 Å². The summed E-state index contributed by atoms with van der Waals surface area (Å²) in [5, 5.41) is 14.3. The molecule has 0 amide bonds. The van der Waals surface area contributed by atoms with Gasteiger partial charge in [0.25, 0.3) is 0 Å². The highest BCUT2D eigenvalue weighted by molar-refractivity contribution is 8.00. The van der Waals surface area contributed by atoms with Crippen molar-refractivity contribution in [2.45, 2.75) is 75.5 Å². The Bertz CT molecular complexity index is 187. The molecule has 2 N–H and O–H groups in total. The molecule has 0 spiro atoms. The second-order valence-electron chi connectivity index (χ2n) is 4.97. The molecule has 1 saturated carbocycles. The fourth-order valence-corrected chi connectivity index (χ4v) is 3.72. The molecule has 0 saturated heterocycles. The standard InChI is InChI=1S/C13H27NOS/c1-4-9-14-12-7-5-6-8-13(12)16-11(3)10(2)15/h10-15H,4-9H2,1-3H3. The first-order chi connectivity index (χ1) is 7.65. The first-order valence-corrected chi connectivity index (χ1v) is 7.66. The van der Waals surface area contributed by atoms with Crippen molar-refractivity contribution < 1.29 is 5.11 Å². The van der Waals surface area contributed by atoms with E-state index in [9.17, 15) is 5.11 Å². The predicted molar refractivity (Wildman–Crippen MR) is 73.1 cm³/mol. The van der Waals surface area contributed by atoms with Crippen molar-refractivity contribution in [2.24, 2.45) is 0 Å². The van der Waals surface area contributed by atoms with E-state index in [0.29, 0.717) is 16.5 Å². The van der Waals surface area contributed by atoms with Crippen molar-refractivity contribution in [3.05, 3.63) is 0 Å². The fourth-order valence-electron chi connectivity index (χ4n) is 2.21. The molecule has 0 aliphatic heterocycles.